The Hall–Kier alpha value is -2.08. The van der Waals surface area contributed by atoms with Crippen LogP contribution in [0.25, 0.3) is 0 Å². The van der Waals surface area contributed by atoms with E-state index in [0.717, 1.165) is 56.8 Å². The van der Waals surface area contributed by atoms with E-state index in [2.05, 4.69) is 20.4 Å². The fourth-order valence-corrected chi connectivity index (χ4v) is 3.96. The molecule has 1 aromatic rings. The van der Waals surface area contributed by atoms with Gasteiger partial charge in [0.25, 0.3) is 5.91 Å². The maximum absolute atomic E-state index is 12.7. The third kappa shape index (κ3) is 5.45. The van der Waals surface area contributed by atoms with Crippen LogP contribution in [0.5, 0.6) is 0 Å². The second-order valence-electron chi connectivity index (χ2n) is 7.50. The number of nitrogens with zero attached hydrogens (tertiary/aromatic N) is 2. The van der Waals surface area contributed by atoms with Crippen LogP contribution in [0.4, 0.5) is 5.69 Å². The van der Waals surface area contributed by atoms with Crippen molar-refractivity contribution in [2.24, 2.45) is 0 Å². The van der Waals surface area contributed by atoms with E-state index in [0.29, 0.717) is 13.0 Å². The average Bonchev–Trinajstić information content (AvgIpc) is 3.22. The van der Waals surface area contributed by atoms with Gasteiger partial charge in [0.2, 0.25) is 5.91 Å². The summed E-state index contributed by atoms with van der Waals surface area (Å²) in [6.45, 7) is 7.50. The molecule has 6 heteroatoms. The summed E-state index contributed by atoms with van der Waals surface area (Å²) in [6, 6.07) is 8.09. The third-order valence-electron chi connectivity index (χ3n) is 5.58. The molecule has 2 heterocycles. The topological polar surface area (TPSA) is 64.7 Å². The van der Waals surface area contributed by atoms with Crippen LogP contribution in [0.2, 0.25) is 0 Å². The Morgan fingerprint density at radius 3 is 2.48 bits per heavy atom. The number of likely N-dealkylation sites (tertiary alicyclic amines) is 1. The summed E-state index contributed by atoms with van der Waals surface area (Å²) in [4.78, 5) is 29.0. The van der Waals surface area contributed by atoms with Crippen molar-refractivity contribution in [1.82, 2.24) is 15.5 Å². The Morgan fingerprint density at radius 1 is 1.07 bits per heavy atom. The van der Waals surface area contributed by atoms with Crippen molar-refractivity contribution >= 4 is 17.5 Å². The number of para-hydroxylation sites is 1. The second-order valence-corrected chi connectivity index (χ2v) is 7.50. The van der Waals surface area contributed by atoms with Crippen LogP contribution in [0.3, 0.4) is 0 Å². The lowest BCUT2D eigenvalue weighted by atomic mass is 10.0. The van der Waals surface area contributed by atoms with Gasteiger partial charge in [0.1, 0.15) is 0 Å². The number of carbonyl (C=O) groups excluding carboxylic acids is 2. The Labute approximate surface area is 162 Å². The summed E-state index contributed by atoms with van der Waals surface area (Å²) >= 11 is 0. The highest BCUT2D eigenvalue weighted by atomic mass is 16.2. The Morgan fingerprint density at radius 2 is 1.78 bits per heavy atom. The van der Waals surface area contributed by atoms with E-state index in [1.54, 1.807) is 0 Å². The van der Waals surface area contributed by atoms with E-state index in [1.165, 1.54) is 12.8 Å². The minimum Gasteiger partial charge on any atom is -0.371 e. The molecule has 1 aromatic carbocycles. The number of benzene rings is 1. The fraction of sp³-hybridized carbons (Fsp3) is 0.619. The van der Waals surface area contributed by atoms with Gasteiger partial charge in [0.15, 0.2) is 0 Å². The molecule has 0 saturated carbocycles. The molecule has 2 aliphatic rings. The number of piperidine rings is 1. The summed E-state index contributed by atoms with van der Waals surface area (Å²) in [5.41, 5.74) is 1.74. The SMILES string of the molecule is CCC(=O)NC1CCN(c2ccccc2C(=O)NCCN2CCCC2)CC1. The third-order valence-corrected chi connectivity index (χ3v) is 5.58. The van der Waals surface area contributed by atoms with Gasteiger partial charge in [-0.3, -0.25) is 9.59 Å². The van der Waals surface area contributed by atoms with Crippen LogP contribution < -0.4 is 15.5 Å². The molecule has 2 fully saturated rings. The number of hydrogen-bond acceptors (Lipinski definition) is 4. The average molecular weight is 373 g/mol. The van der Waals surface area contributed by atoms with Crippen LogP contribution in [0.15, 0.2) is 24.3 Å². The zero-order chi connectivity index (χ0) is 19.1. The molecule has 0 aromatic heterocycles. The van der Waals surface area contributed by atoms with Gasteiger partial charge in [-0.1, -0.05) is 19.1 Å². The van der Waals surface area contributed by atoms with Gasteiger partial charge >= 0.3 is 0 Å². The molecule has 27 heavy (non-hydrogen) atoms. The maximum Gasteiger partial charge on any atom is 0.253 e. The standard InChI is InChI=1S/C21H32N4O2/c1-2-20(26)23-17-9-14-25(15-10-17)19-8-4-3-7-18(19)21(27)22-11-16-24-12-5-6-13-24/h3-4,7-8,17H,2,5-6,9-16H2,1H3,(H,22,27)(H,23,26). The van der Waals surface area contributed by atoms with Gasteiger partial charge in [-0.25, -0.2) is 0 Å². The molecular weight excluding hydrogens is 340 g/mol. The van der Waals surface area contributed by atoms with Crippen molar-refractivity contribution < 1.29 is 9.59 Å². The largest absolute Gasteiger partial charge is 0.371 e. The fourth-order valence-electron chi connectivity index (χ4n) is 3.96. The Kier molecular flexibility index (Phi) is 7.10. The van der Waals surface area contributed by atoms with Gasteiger partial charge in [-0.15, -0.1) is 0 Å². The summed E-state index contributed by atoms with van der Waals surface area (Å²) < 4.78 is 0. The first-order chi connectivity index (χ1) is 13.2. The lowest BCUT2D eigenvalue weighted by Gasteiger charge is -2.34. The van der Waals surface area contributed by atoms with Crippen LogP contribution >= 0.6 is 0 Å². The molecular formula is C21H32N4O2. The lowest BCUT2D eigenvalue weighted by Crippen LogP contribution is -2.45. The van der Waals surface area contributed by atoms with Crippen molar-refractivity contribution in [2.75, 3.05) is 44.2 Å². The first-order valence-corrected chi connectivity index (χ1v) is 10.3. The summed E-state index contributed by atoms with van der Waals surface area (Å²) in [5, 5.41) is 6.17. The van der Waals surface area contributed by atoms with Crippen molar-refractivity contribution in [3.63, 3.8) is 0 Å². The number of amides is 2. The second kappa shape index (κ2) is 9.74. The predicted octanol–water partition coefficient (Wildman–Crippen LogP) is 2.01. The van der Waals surface area contributed by atoms with Crippen molar-refractivity contribution in [3.05, 3.63) is 29.8 Å². The zero-order valence-electron chi connectivity index (χ0n) is 16.4. The van der Waals surface area contributed by atoms with Crippen LogP contribution in [0.1, 0.15) is 49.4 Å². The quantitative estimate of drug-likeness (QED) is 0.768. The highest BCUT2D eigenvalue weighted by Crippen LogP contribution is 2.24. The highest BCUT2D eigenvalue weighted by Gasteiger charge is 2.23. The number of anilines is 1. The van der Waals surface area contributed by atoms with E-state index < -0.39 is 0 Å². The molecule has 0 bridgehead atoms. The minimum atomic E-state index is 0.00575. The van der Waals surface area contributed by atoms with E-state index in [9.17, 15) is 9.59 Å². The summed E-state index contributed by atoms with van der Waals surface area (Å²) in [6.07, 6.45) is 4.89. The monoisotopic (exact) mass is 372 g/mol. The molecule has 0 spiro atoms. The Bertz CT molecular complexity index is 635. The minimum absolute atomic E-state index is 0.00575. The normalized spacial score (nSPS) is 18.5. The van der Waals surface area contributed by atoms with Gasteiger partial charge in [0, 0.05) is 44.3 Å². The molecule has 3 rings (SSSR count). The van der Waals surface area contributed by atoms with Gasteiger partial charge < -0.3 is 20.4 Å². The predicted molar refractivity (Wildman–Crippen MR) is 108 cm³/mol. The Balaban J connectivity index is 1.54. The van der Waals surface area contributed by atoms with Crippen LogP contribution in [-0.4, -0.2) is 62.0 Å². The molecule has 0 aliphatic carbocycles. The smallest absolute Gasteiger partial charge is 0.253 e. The lowest BCUT2D eigenvalue weighted by molar-refractivity contribution is -0.121. The van der Waals surface area contributed by atoms with Gasteiger partial charge in [-0.05, 0) is 50.9 Å². The molecule has 0 atom stereocenters. The maximum atomic E-state index is 12.7. The first-order valence-electron chi connectivity index (χ1n) is 10.3. The van der Waals surface area contributed by atoms with E-state index >= 15 is 0 Å². The summed E-state index contributed by atoms with van der Waals surface area (Å²) in [5.74, 6) is 0.123. The molecule has 2 N–H and O–H groups in total. The number of carbonyl (C=O) groups is 2. The van der Waals surface area contributed by atoms with E-state index in [4.69, 9.17) is 0 Å². The molecule has 2 amide bonds. The zero-order valence-corrected chi connectivity index (χ0v) is 16.4. The van der Waals surface area contributed by atoms with Crippen molar-refractivity contribution in [1.29, 1.82) is 0 Å². The molecule has 0 unspecified atom stereocenters. The van der Waals surface area contributed by atoms with Gasteiger partial charge in [0.05, 0.1) is 5.56 Å². The molecule has 6 nitrogen and oxygen atoms in total. The first kappa shape index (κ1) is 19.7. The van der Waals surface area contributed by atoms with Crippen molar-refractivity contribution in [3.8, 4) is 0 Å². The van der Waals surface area contributed by atoms with Crippen LogP contribution in [0, 0.1) is 0 Å². The molecule has 148 valence electrons. The highest BCUT2D eigenvalue weighted by molar-refractivity contribution is 5.99. The number of rotatable bonds is 7. The number of nitrogens with one attached hydrogen (secondary N) is 2. The van der Waals surface area contributed by atoms with E-state index in [1.807, 2.05) is 31.2 Å². The van der Waals surface area contributed by atoms with E-state index in [-0.39, 0.29) is 17.9 Å². The van der Waals surface area contributed by atoms with Crippen LogP contribution in [-0.2, 0) is 4.79 Å². The molecule has 2 aliphatic heterocycles. The molecule has 0 radical (unpaired) electrons. The summed E-state index contributed by atoms with van der Waals surface area (Å²) in [7, 11) is 0. The molecule has 2 saturated heterocycles. The van der Waals surface area contributed by atoms with Crippen molar-refractivity contribution in [2.45, 2.75) is 45.1 Å². The van der Waals surface area contributed by atoms with Gasteiger partial charge in [-0.2, -0.15) is 0 Å². The number of hydrogen-bond donors (Lipinski definition) is 2.